The third-order valence-electron chi connectivity index (χ3n) is 3.28. The summed E-state index contributed by atoms with van der Waals surface area (Å²) >= 11 is 0. The number of anilines is 1. The minimum absolute atomic E-state index is 0.166. The number of rotatable bonds is 5. The summed E-state index contributed by atoms with van der Waals surface area (Å²) in [7, 11) is -3.84. The second kappa shape index (κ2) is 5.87. The molecule has 0 fully saturated rings. The van der Waals surface area contributed by atoms with Crippen LogP contribution < -0.4 is 4.72 Å². The van der Waals surface area contributed by atoms with E-state index in [-0.39, 0.29) is 23.1 Å². The van der Waals surface area contributed by atoms with Crippen molar-refractivity contribution in [3.8, 4) is 0 Å². The molecule has 0 atom stereocenters. The summed E-state index contributed by atoms with van der Waals surface area (Å²) in [4.78, 5) is 0. The fraction of sp³-hybridized carbons (Fsp3) is 0.357. The van der Waals surface area contributed by atoms with E-state index in [4.69, 9.17) is 0 Å². The normalized spacial score (nSPS) is 11.9. The Morgan fingerprint density at radius 3 is 2.62 bits per heavy atom. The van der Waals surface area contributed by atoms with Gasteiger partial charge in [0.05, 0.1) is 12.3 Å². The molecule has 21 heavy (non-hydrogen) atoms. The van der Waals surface area contributed by atoms with Gasteiger partial charge in [0.25, 0.3) is 10.0 Å². The number of hydrogen-bond donors (Lipinski definition) is 3. The molecular formula is C14H19N3O3S. The summed E-state index contributed by atoms with van der Waals surface area (Å²) in [6.07, 6.45) is 0. The molecule has 1 aromatic carbocycles. The third kappa shape index (κ3) is 3.08. The SMILES string of the molecule is Cc1[nH]nc(S(=O)(=O)Nc2ccccc2C(C)C)c1CO. The molecule has 1 heterocycles. The Labute approximate surface area is 124 Å². The summed E-state index contributed by atoms with van der Waals surface area (Å²) < 4.78 is 27.5. The average Bonchev–Trinajstić information content (AvgIpc) is 2.80. The van der Waals surface area contributed by atoms with Crippen LogP contribution in [0.4, 0.5) is 5.69 Å². The van der Waals surface area contributed by atoms with Crippen molar-refractivity contribution in [2.75, 3.05) is 4.72 Å². The van der Waals surface area contributed by atoms with Crippen molar-refractivity contribution in [1.82, 2.24) is 10.2 Å². The minimum atomic E-state index is -3.84. The average molecular weight is 309 g/mol. The molecule has 6 nitrogen and oxygen atoms in total. The molecule has 1 aromatic heterocycles. The Morgan fingerprint density at radius 1 is 1.33 bits per heavy atom. The highest BCUT2D eigenvalue weighted by atomic mass is 32.2. The largest absolute Gasteiger partial charge is 0.392 e. The molecule has 0 aliphatic heterocycles. The van der Waals surface area contributed by atoms with E-state index in [1.807, 2.05) is 26.0 Å². The van der Waals surface area contributed by atoms with Gasteiger partial charge in [0.2, 0.25) is 5.03 Å². The number of aryl methyl sites for hydroxylation is 1. The van der Waals surface area contributed by atoms with Crippen molar-refractivity contribution in [3.63, 3.8) is 0 Å². The van der Waals surface area contributed by atoms with Crippen molar-refractivity contribution in [1.29, 1.82) is 0 Å². The smallest absolute Gasteiger partial charge is 0.281 e. The molecule has 2 aromatic rings. The Bertz CT molecular complexity index is 736. The summed E-state index contributed by atoms with van der Waals surface area (Å²) in [5, 5.41) is 15.5. The van der Waals surface area contributed by atoms with E-state index in [2.05, 4.69) is 14.9 Å². The van der Waals surface area contributed by atoms with E-state index in [0.29, 0.717) is 11.4 Å². The molecule has 0 saturated carbocycles. The minimum Gasteiger partial charge on any atom is -0.392 e. The first-order chi connectivity index (χ1) is 9.86. The second-order valence-electron chi connectivity index (χ2n) is 5.14. The zero-order valence-electron chi connectivity index (χ0n) is 12.2. The van der Waals surface area contributed by atoms with Gasteiger partial charge < -0.3 is 5.11 Å². The third-order valence-corrected chi connectivity index (χ3v) is 4.61. The summed E-state index contributed by atoms with van der Waals surface area (Å²) in [6.45, 7) is 5.26. The molecule has 3 N–H and O–H groups in total. The molecule has 0 bridgehead atoms. The van der Waals surface area contributed by atoms with Gasteiger partial charge in [0.1, 0.15) is 0 Å². The van der Waals surface area contributed by atoms with Gasteiger partial charge in [0, 0.05) is 11.3 Å². The van der Waals surface area contributed by atoms with Crippen molar-refractivity contribution < 1.29 is 13.5 Å². The van der Waals surface area contributed by atoms with E-state index in [1.165, 1.54) is 0 Å². The highest BCUT2D eigenvalue weighted by molar-refractivity contribution is 7.92. The molecule has 0 aliphatic carbocycles. The zero-order chi connectivity index (χ0) is 15.6. The van der Waals surface area contributed by atoms with E-state index >= 15 is 0 Å². The number of para-hydroxylation sites is 1. The highest BCUT2D eigenvalue weighted by Gasteiger charge is 2.24. The number of aromatic amines is 1. The lowest BCUT2D eigenvalue weighted by Crippen LogP contribution is -2.16. The lowest BCUT2D eigenvalue weighted by Gasteiger charge is -2.14. The van der Waals surface area contributed by atoms with Gasteiger partial charge in [-0.2, -0.15) is 13.5 Å². The molecule has 2 rings (SSSR count). The number of H-pyrrole nitrogens is 1. The number of nitrogens with one attached hydrogen (secondary N) is 2. The van der Waals surface area contributed by atoms with Crippen LogP contribution in [0.5, 0.6) is 0 Å². The van der Waals surface area contributed by atoms with Gasteiger partial charge in [-0.25, -0.2) is 0 Å². The first-order valence-corrected chi connectivity index (χ1v) is 8.11. The van der Waals surface area contributed by atoms with Crippen LogP contribution in [-0.4, -0.2) is 23.7 Å². The van der Waals surface area contributed by atoms with E-state index in [1.54, 1.807) is 19.1 Å². The molecule has 0 amide bonds. The first kappa shape index (κ1) is 15.5. The Morgan fingerprint density at radius 2 is 2.00 bits per heavy atom. The fourth-order valence-electron chi connectivity index (χ4n) is 2.12. The van der Waals surface area contributed by atoms with Crippen LogP contribution in [0, 0.1) is 6.92 Å². The van der Waals surface area contributed by atoms with Crippen LogP contribution >= 0.6 is 0 Å². The van der Waals surface area contributed by atoms with E-state index in [0.717, 1.165) is 5.56 Å². The zero-order valence-corrected chi connectivity index (χ0v) is 13.0. The fourth-order valence-corrected chi connectivity index (χ4v) is 3.40. The number of hydrogen-bond acceptors (Lipinski definition) is 4. The van der Waals surface area contributed by atoms with Gasteiger partial charge in [-0.3, -0.25) is 9.82 Å². The standard InChI is InChI=1S/C14H19N3O3S/c1-9(2)11-6-4-5-7-13(11)17-21(19,20)14-12(8-18)10(3)15-16-14/h4-7,9,17-18H,8H2,1-3H3,(H,15,16). The van der Waals surface area contributed by atoms with Gasteiger partial charge in [-0.15, -0.1) is 0 Å². The predicted octanol–water partition coefficient (Wildman–Crippen LogP) is 2.13. The van der Waals surface area contributed by atoms with Crippen LogP contribution in [0.3, 0.4) is 0 Å². The molecule has 0 radical (unpaired) electrons. The summed E-state index contributed by atoms with van der Waals surface area (Å²) in [5.41, 5.74) is 2.25. The van der Waals surface area contributed by atoms with Crippen LogP contribution in [0.25, 0.3) is 0 Å². The topological polar surface area (TPSA) is 95.1 Å². The number of nitrogens with zero attached hydrogens (tertiary/aromatic N) is 1. The van der Waals surface area contributed by atoms with E-state index < -0.39 is 10.0 Å². The summed E-state index contributed by atoms with van der Waals surface area (Å²) in [6, 6.07) is 7.23. The van der Waals surface area contributed by atoms with Gasteiger partial charge >= 0.3 is 0 Å². The molecule has 7 heteroatoms. The number of aromatic nitrogens is 2. The molecule has 0 aliphatic rings. The molecule has 0 unspecified atom stereocenters. The lowest BCUT2D eigenvalue weighted by molar-refractivity contribution is 0.277. The predicted molar refractivity (Wildman–Crippen MR) is 80.6 cm³/mol. The number of aliphatic hydroxyl groups excluding tert-OH is 1. The lowest BCUT2D eigenvalue weighted by atomic mass is 10.0. The number of sulfonamides is 1. The maximum atomic E-state index is 12.5. The van der Waals surface area contributed by atoms with Crippen LogP contribution in [0.2, 0.25) is 0 Å². The summed E-state index contributed by atoms with van der Waals surface area (Å²) in [5.74, 6) is 0.183. The highest BCUT2D eigenvalue weighted by Crippen LogP contribution is 2.27. The maximum Gasteiger partial charge on any atom is 0.281 e. The van der Waals surface area contributed by atoms with Crippen LogP contribution in [-0.2, 0) is 16.6 Å². The molecule has 0 saturated heterocycles. The number of benzene rings is 1. The first-order valence-electron chi connectivity index (χ1n) is 6.63. The van der Waals surface area contributed by atoms with Crippen molar-refractivity contribution in [2.45, 2.75) is 38.3 Å². The Balaban J connectivity index is 2.43. The van der Waals surface area contributed by atoms with Gasteiger partial charge in [0.15, 0.2) is 0 Å². The quantitative estimate of drug-likeness (QED) is 0.788. The molecule has 0 spiro atoms. The van der Waals surface area contributed by atoms with Gasteiger partial charge in [-0.05, 0) is 24.5 Å². The van der Waals surface area contributed by atoms with Gasteiger partial charge in [-0.1, -0.05) is 32.0 Å². The van der Waals surface area contributed by atoms with Crippen LogP contribution in [0.1, 0.15) is 36.6 Å². The van der Waals surface area contributed by atoms with E-state index in [9.17, 15) is 13.5 Å². The van der Waals surface area contributed by atoms with Crippen LogP contribution in [0.15, 0.2) is 29.3 Å². The Kier molecular flexibility index (Phi) is 4.34. The molecule has 114 valence electrons. The maximum absolute atomic E-state index is 12.5. The monoisotopic (exact) mass is 309 g/mol. The number of aliphatic hydroxyl groups is 1. The van der Waals surface area contributed by atoms with Crippen molar-refractivity contribution in [3.05, 3.63) is 41.1 Å². The second-order valence-corrected chi connectivity index (χ2v) is 6.74. The Hall–Kier alpha value is -1.86. The van der Waals surface area contributed by atoms with Crippen molar-refractivity contribution in [2.24, 2.45) is 0 Å². The van der Waals surface area contributed by atoms with Crippen molar-refractivity contribution >= 4 is 15.7 Å². The molecular weight excluding hydrogens is 290 g/mol.